The van der Waals surface area contributed by atoms with Crippen molar-refractivity contribution in [2.75, 3.05) is 11.9 Å². The van der Waals surface area contributed by atoms with Gasteiger partial charge >= 0.3 is 6.03 Å². The quantitative estimate of drug-likeness (QED) is 0.776. The first-order valence-electron chi connectivity index (χ1n) is 7.45. The van der Waals surface area contributed by atoms with E-state index in [0.717, 1.165) is 21.9 Å². The van der Waals surface area contributed by atoms with E-state index in [0.29, 0.717) is 18.8 Å². The van der Waals surface area contributed by atoms with Gasteiger partial charge in [-0.3, -0.25) is 10.3 Å². The molecule has 23 heavy (non-hydrogen) atoms. The fraction of sp³-hybridized carbons (Fsp3) is 0.176. The molecule has 0 saturated carbocycles. The SMILES string of the molecule is CCNC(=O)Nc1nnccc1Cc1cccc2ccncc12. The first-order valence-corrected chi connectivity index (χ1v) is 7.45. The molecule has 2 amide bonds. The molecule has 0 spiro atoms. The maximum absolute atomic E-state index is 11.7. The summed E-state index contributed by atoms with van der Waals surface area (Å²) in [6.07, 6.45) is 5.90. The summed E-state index contributed by atoms with van der Waals surface area (Å²) in [7, 11) is 0. The fourth-order valence-electron chi connectivity index (χ4n) is 2.45. The maximum Gasteiger partial charge on any atom is 0.320 e. The van der Waals surface area contributed by atoms with Gasteiger partial charge in [-0.2, -0.15) is 5.10 Å². The summed E-state index contributed by atoms with van der Waals surface area (Å²) >= 11 is 0. The molecule has 0 aliphatic carbocycles. The van der Waals surface area contributed by atoms with Gasteiger partial charge in [0.2, 0.25) is 0 Å². The Morgan fingerprint density at radius 1 is 1.13 bits per heavy atom. The van der Waals surface area contributed by atoms with Crippen molar-refractivity contribution < 1.29 is 4.79 Å². The van der Waals surface area contributed by atoms with E-state index in [4.69, 9.17) is 0 Å². The molecule has 116 valence electrons. The Labute approximate surface area is 134 Å². The first kappa shape index (κ1) is 14.9. The van der Waals surface area contributed by atoms with Crippen LogP contribution in [-0.2, 0) is 6.42 Å². The number of pyridine rings is 1. The third kappa shape index (κ3) is 3.42. The third-order valence-electron chi connectivity index (χ3n) is 3.53. The Morgan fingerprint density at radius 3 is 2.91 bits per heavy atom. The zero-order valence-electron chi connectivity index (χ0n) is 12.8. The van der Waals surface area contributed by atoms with E-state index >= 15 is 0 Å². The zero-order chi connectivity index (χ0) is 16.1. The molecule has 3 aromatic rings. The van der Waals surface area contributed by atoms with Crippen LogP contribution in [-0.4, -0.2) is 27.8 Å². The van der Waals surface area contributed by atoms with Crippen molar-refractivity contribution in [3.05, 3.63) is 60.0 Å². The number of hydrogen-bond donors (Lipinski definition) is 2. The minimum absolute atomic E-state index is 0.283. The average molecular weight is 307 g/mol. The van der Waals surface area contributed by atoms with E-state index in [1.807, 2.05) is 31.3 Å². The highest BCUT2D eigenvalue weighted by atomic mass is 16.2. The van der Waals surface area contributed by atoms with Gasteiger partial charge in [0.25, 0.3) is 0 Å². The molecule has 1 aromatic carbocycles. The lowest BCUT2D eigenvalue weighted by Crippen LogP contribution is -2.29. The number of nitrogens with one attached hydrogen (secondary N) is 2. The summed E-state index contributed by atoms with van der Waals surface area (Å²) in [5.41, 5.74) is 2.03. The number of anilines is 1. The number of carbonyl (C=O) groups excluding carboxylic acids is 1. The van der Waals surface area contributed by atoms with E-state index < -0.39 is 0 Å². The highest BCUT2D eigenvalue weighted by Crippen LogP contribution is 2.22. The average Bonchev–Trinajstić information content (AvgIpc) is 2.57. The minimum atomic E-state index is -0.283. The van der Waals surface area contributed by atoms with Crippen molar-refractivity contribution >= 4 is 22.6 Å². The van der Waals surface area contributed by atoms with E-state index in [9.17, 15) is 4.79 Å². The molecular formula is C17H17N5O. The summed E-state index contributed by atoms with van der Waals surface area (Å²) in [5, 5.41) is 15.6. The van der Waals surface area contributed by atoms with Gasteiger partial charge in [-0.15, -0.1) is 5.10 Å². The molecule has 0 unspecified atom stereocenters. The monoisotopic (exact) mass is 307 g/mol. The summed E-state index contributed by atoms with van der Waals surface area (Å²) in [4.78, 5) is 15.9. The number of hydrogen-bond acceptors (Lipinski definition) is 4. The Bertz CT molecular complexity index is 829. The van der Waals surface area contributed by atoms with Crippen LogP contribution in [0.1, 0.15) is 18.1 Å². The number of benzene rings is 1. The second kappa shape index (κ2) is 6.83. The molecule has 3 rings (SSSR count). The zero-order valence-corrected chi connectivity index (χ0v) is 12.8. The van der Waals surface area contributed by atoms with Crippen LogP contribution in [0.4, 0.5) is 10.6 Å². The molecule has 0 fully saturated rings. The van der Waals surface area contributed by atoms with Crippen molar-refractivity contribution in [2.24, 2.45) is 0 Å². The van der Waals surface area contributed by atoms with Crippen LogP contribution in [0.15, 0.2) is 48.9 Å². The molecule has 0 aliphatic rings. The normalized spacial score (nSPS) is 10.5. The second-order valence-corrected chi connectivity index (χ2v) is 5.08. The van der Waals surface area contributed by atoms with Gasteiger partial charge in [-0.25, -0.2) is 4.79 Å². The van der Waals surface area contributed by atoms with Gasteiger partial charge in [0.05, 0.1) is 6.20 Å². The minimum Gasteiger partial charge on any atom is -0.338 e. The molecule has 2 aromatic heterocycles. The van der Waals surface area contributed by atoms with Crippen molar-refractivity contribution in [3.8, 4) is 0 Å². The second-order valence-electron chi connectivity index (χ2n) is 5.08. The van der Waals surface area contributed by atoms with Crippen molar-refractivity contribution in [1.82, 2.24) is 20.5 Å². The molecule has 0 saturated heterocycles. The topological polar surface area (TPSA) is 79.8 Å². The number of amides is 2. The number of carbonyl (C=O) groups is 1. The standard InChI is InChI=1S/C17H17N5O/c1-2-19-17(23)21-16-14(7-9-20-22-16)10-13-5-3-4-12-6-8-18-11-15(12)13/h3-9,11H,2,10H2,1H3,(H2,19,21,22,23). The van der Waals surface area contributed by atoms with Gasteiger partial charge in [0.1, 0.15) is 0 Å². The molecule has 6 heteroatoms. The third-order valence-corrected chi connectivity index (χ3v) is 3.53. The summed E-state index contributed by atoms with van der Waals surface area (Å²) in [6.45, 7) is 2.41. The number of rotatable bonds is 4. The molecule has 0 atom stereocenters. The van der Waals surface area contributed by atoms with Gasteiger partial charge < -0.3 is 5.32 Å². The van der Waals surface area contributed by atoms with E-state index in [-0.39, 0.29) is 6.03 Å². The summed E-state index contributed by atoms with van der Waals surface area (Å²) in [5.74, 6) is 0.472. The highest BCUT2D eigenvalue weighted by molar-refractivity contribution is 5.89. The molecule has 0 aliphatic heterocycles. The van der Waals surface area contributed by atoms with Crippen LogP contribution in [0.3, 0.4) is 0 Å². The lowest BCUT2D eigenvalue weighted by molar-refractivity contribution is 0.252. The van der Waals surface area contributed by atoms with Gasteiger partial charge in [-0.1, -0.05) is 18.2 Å². The maximum atomic E-state index is 11.7. The van der Waals surface area contributed by atoms with E-state index in [1.54, 1.807) is 12.4 Å². The van der Waals surface area contributed by atoms with Gasteiger partial charge in [-0.05, 0) is 30.0 Å². The van der Waals surface area contributed by atoms with E-state index in [2.05, 4.69) is 37.9 Å². The largest absolute Gasteiger partial charge is 0.338 e. The fourth-order valence-corrected chi connectivity index (χ4v) is 2.45. The molecule has 2 heterocycles. The van der Waals surface area contributed by atoms with Crippen molar-refractivity contribution in [3.63, 3.8) is 0 Å². The number of urea groups is 1. The van der Waals surface area contributed by atoms with Crippen LogP contribution in [0.2, 0.25) is 0 Å². The van der Waals surface area contributed by atoms with Crippen molar-refractivity contribution in [1.29, 1.82) is 0 Å². The van der Waals surface area contributed by atoms with Crippen LogP contribution < -0.4 is 10.6 Å². The van der Waals surface area contributed by atoms with E-state index in [1.165, 1.54) is 0 Å². The lowest BCUT2D eigenvalue weighted by atomic mass is 10.0. The van der Waals surface area contributed by atoms with Crippen LogP contribution in [0, 0.1) is 0 Å². The van der Waals surface area contributed by atoms with Crippen molar-refractivity contribution in [2.45, 2.75) is 13.3 Å². The molecule has 0 bridgehead atoms. The molecular weight excluding hydrogens is 290 g/mol. The molecule has 0 radical (unpaired) electrons. The predicted molar refractivity (Wildman–Crippen MR) is 89.3 cm³/mol. The van der Waals surface area contributed by atoms with Crippen LogP contribution in [0.5, 0.6) is 0 Å². The highest BCUT2D eigenvalue weighted by Gasteiger charge is 2.10. The molecule has 2 N–H and O–H groups in total. The predicted octanol–water partition coefficient (Wildman–Crippen LogP) is 2.76. The first-order chi connectivity index (χ1) is 11.3. The smallest absolute Gasteiger partial charge is 0.320 e. The Kier molecular flexibility index (Phi) is 4.42. The Balaban J connectivity index is 1.92. The Hall–Kier alpha value is -3.02. The number of nitrogens with zero attached hydrogens (tertiary/aromatic N) is 3. The number of aromatic nitrogens is 3. The van der Waals surface area contributed by atoms with Gasteiger partial charge in [0.15, 0.2) is 5.82 Å². The summed E-state index contributed by atoms with van der Waals surface area (Å²) in [6, 6.07) is 9.69. The van der Waals surface area contributed by atoms with Crippen LogP contribution >= 0.6 is 0 Å². The lowest BCUT2D eigenvalue weighted by Gasteiger charge is -2.11. The number of fused-ring (bicyclic) bond motifs is 1. The van der Waals surface area contributed by atoms with Crippen LogP contribution in [0.25, 0.3) is 10.8 Å². The Morgan fingerprint density at radius 2 is 2.04 bits per heavy atom. The van der Waals surface area contributed by atoms with Gasteiger partial charge in [0, 0.05) is 36.3 Å². The summed E-state index contributed by atoms with van der Waals surface area (Å²) < 4.78 is 0. The molecule has 6 nitrogen and oxygen atoms in total.